The number of nitrogens with zero attached hydrogens (tertiary/aromatic N) is 2. The topological polar surface area (TPSA) is 51.0 Å². The highest BCUT2D eigenvalue weighted by Crippen LogP contribution is 2.16. The molecule has 0 bridgehead atoms. The van der Waals surface area contributed by atoms with Gasteiger partial charge in [0, 0.05) is 18.0 Å². The normalized spacial score (nSPS) is 11.3. The van der Waals surface area contributed by atoms with Crippen molar-refractivity contribution in [2.45, 2.75) is 39.2 Å². The van der Waals surface area contributed by atoms with Crippen LogP contribution in [0.1, 0.15) is 37.6 Å². The second-order valence-corrected chi connectivity index (χ2v) is 5.18. The molecule has 0 aliphatic carbocycles. The zero-order valence-electron chi connectivity index (χ0n) is 12.2. The van der Waals surface area contributed by atoms with Crippen LogP contribution in [0.5, 0.6) is 0 Å². The van der Waals surface area contributed by atoms with Crippen LogP contribution in [0.3, 0.4) is 0 Å². The Balaban J connectivity index is 1.91. The lowest BCUT2D eigenvalue weighted by Gasteiger charge is -2.05. The summed E-state index contributed by atoms with van der Waals surface area (Å²) in [6.45, 7) is 5.01. The minimum atomic E-state index is -0.601. The maximum atomic E-state index is 13.5. The largest absolute Gasteiger partial charge is 0.425 e. The van der Waals surface area contributed by atoms with Crippen LogP contribution in [-0.2, 0) is 12.8 Å². The first-order valence-electron chi connectivity index (χ1n) is 7.04. The van der Waals surface area contributed by atoms with Gasteiger partial charge in [0.25, 0.3) is 0 Å². The van der Waals surface area contributed by atoms with E-state index in [1.54, 1.807) is 0 Å². The van der Waals surface area contributed by atoms with Crippen molar-refractivity contribution in [3.05, 3.63) is 47.2 Å². The van der Waals surface area contributed by atoms with Crippen LogP contribution in [0.25, 0.3) is 0 Å². The Morgan fingerprint density at radius 2 is 1.81 bits per heavy atom. The molecule has 0 atom stereocenters. The SMILES string of the molecule is CC(C)NCCCc1nnc(Cc2c(F)cccc2F)o1. The Kier molecular flexibility index (Phi) is 5.38. The summed E-state index contributed by atoms with van der Waals surface area (Å²) in [6.07, 6.45) is 1.48. The minimum absolute atomic E-state index is 0.0320. The van der Waals surface area contributed by atoms with Crippen LogP contribution >= 0.6 is 0 Å². The standard InChI is InChI=1S/C15H19F2N3O/c1-10(2)18-8-4-7-14-19-20-15(21-14)9-11-12(16)5-3-6-13(11)17/h3,5-6,10,18H,4,7-9H2,1-2H3. The molecule has 1 aromatic carbocycles. The van der Waals surface area contributed by atoms with Crippen molar-refractivity contribution in [3.8, 4) is 0 Å². The number of hydrogen-bond donors (Lipinski definition) is 1. The molecular formula is C15H19F2N3O. The van der Waals surface area contributed by atoms with Gasteiger partial charge in [0.05, 0.1) is 6.42 Å². The van der Waals surface area contributed by atoms with E-state index in [2.05, 4.69) is 29.4 Å². The van der Waals surface area contributed by atoms with Crippen LogP contribution in [0.2, 0.25) is 0 Å². The van der Waals surface area contributed by atoms with Gasteiger partial charge in [-0.25, -0.2) is 8.78 Å². The number of aromatic nitrogens is 2. The van der Waals surface area contributed by atoms with Gasteiger partial charge in [-0.2, -0.15) is 0 Å². The molecule has 6 heteroatoms. The van der Waals surface area contributed by atoms with Crippen molar-refractivity contribution in [2.75, 3.05) is 6.54 Å². The third kappa shape index (κ3) is 4.60. The van der Waals surface area contributed by atoms with E-state index in [1.165, 1.54) is 18.2 Å². The second kappa shape index (κ2) is 7.26. The summed E-state index contributed by atoms with van der Waals surface area (Å²) in [7, 11) is 0. The first-order valence-corrected chi connectivity index (χ1v) is 7.04. The first kappa shape index (κ1) is 15.6. The molecule has 0 unspecified atom stereocenters. The predicted molar refractivity (Wildman–Crippen MR) is 74.9 cm³/mol. The predicted octanol–water partition coefficient (Wildman–Crippen LogP) is 2.87. The average Bonchev–Trinajstić information content (AvgIpc) is 2.87. The molecule has 2 aromatic rings. The molecule has 1 N–H and O–H groups in total. The molecule has 1 aromatic heterocycles. The molecule has 0 spiro atoms. The van der Waals surface area contributed by atoms with Crippen molar-refractivity contribution < 1.29 is 13.2 Å². The highest BCUT2D eigenvalue weighted by atomic mass is 19.1. The van der Waals surface area contributed by atoms with E-state index in [0.29, 0.717) is 18.4 Å². The van der Waals surface area contributed by atoms with Crippen LogP contribution in [0.4, 0.5) is 8.78 Å². The summed E-state index contributed by atoms with van der Waals surface area (Å²) >= 11 is 0. The maximum Gasteiger partial charge on any atom is 0.221 e. The van der Waals surface area contributed by atoms with E-state index in [4.69, 9.17) is 4.42 Å². The summed E-state index contributed by atoms with van der Waals surface area (Å²) in [5.74, 6) is -0.482. The Labute approximate surface area is 122 Å². The molecule has 1 heterocycles. The molecule has 0 aliphatic rings. The molecule has 4 nitrogen and oxygen atoms in total. The van der Waals surface area contributed by atoms with Crippen molar-refractivity contribution in [1.82, 2.24) is 15.5 Å². The van der Waals surface area contributed by atoms with Crippen LogP contribution in [0, 0.1) is 11.6 Å². The highest BCUT2D eigenvalue weighted by Gasteiger charge is 2.13. The van der Waals surface area contributed by atoms with Gasteiger partial charge in [0.15, 0.2) is 0 Å². The Hall–Kier alpha value is -1.82. The fraction of sp³-hybridized carbons (Fsp3) is 0.467. The van der Waals surface area contributed by atoms with Gasteiger partial charge in [-0.15, -0.1) is 10.2 Å². The zero-order valence-corrected chi connectivity index (χ0v) is 12.2. The van der Waals surface area contributed by atoms with Crippen LogP contribution in [0.15, 0.2) is 22.6 Å². The van der Waals surface area contributed by atoms with Crippen molar-refractivity contribution in [2.24, 2.45) is 0 Å². The van der Waals surface area contributed by atoms with Gasteiger partial charge in [0.2, 0.25) is 11.8 Å². The second-order valence-electron chi connectivity index (χ2n) is 5.18. The van der Waals surface area contributed by atoms with Gasteiger partial charge >= 0.3 is 0 Å². The number of benzene rings is 1. The van der Waals surface area contributed by atoms with Gasteiger partial charge in [-0.1, -0.05) is 19.9 Å². The first-order chi connectivity index (χ1) is 10.1. The zero-order chi connectivity index (χ0) is 15.2. The monoisotopic (exact) mass is 295 g/mol. The number of hydrogen-bond acceptors (Lipinski definition) is 4. The summed E-state index contributed by atoms with van der Waals surface area (Å²) in [5.41, 5.74) is -0.0471. The van der Waals surface area contributed by atoms with Gasteiger partial charge < -0.3 is 9.73 Å². The Bertz CT molecular complexity index is 564. The van der Waals surface area contributed by atoms with Crippen LogP contribution < -0.4 is 5.32 Å². The molecule has 0 amide bonds. The number of nitrogens with one attached hydrogen (secondary N) is 1. The van der Waals surface area contributed by atoms with E-state index in [1.807, 2.05) is 0 Å². The third-order valence-electron chi connectivity index (χ3n) is 3.02. The van der Waals surface area contributed by atoms with Gasteiger partial charge in [0.1, 0.15) is 11.6 Å². The molecule has 2 rings (SSSR count). The lowest BCUT2D eigenvalue weighted by atomic mass is 10.1. The lowest BCUT2D eigenvalue weighted by Crippen LogP contribution is -2.23. The molecule has 0 saturated heterocycles. The molecule has 0 aliphatic heterocycles. The summed E-state index contributed by atoms with van der Waals surface area (Å²) in [6, 6.07) is 4.20. The van der Waals surface area contributed by atoms with E-state index in [9.17, 15) is 8.78 Å². The number of aryl methyl sites for hydroxylation is 1. The van der Waals surface area contributed by atoms with Gasteiger partial charge in [-0.05, 0) is 25.1 Å². The van der Waals surface area contributed by atoms with Gasteiger partial charge in [-0.3, -0.25) is 0 Å². The summed E-state index contributed by atoms with van der Waals surface area (Å²) in [5, 5.41) is 11.0. The summed E-state index contributed by atoms with van der Waals surface area (Å²) in [4.78, 5) is 0. The van der Waals surface area contributed by atoms with Crippen molar-refractivity contribution in [3.63, 3.8) is 0 Å². The van der Waals surface area contributed by atoms with Crippen molar-refractivity contribution in [1.29, 1.82) is 0 Å². The highest BCUT2D eigenvalue weighted by molar-refractivity contribution is 5.22. The Morgan fingerprint density at radius 3 is 2.48 bits per heavy atom. The van der Waals surface area contributed by atoms with E-state index in [0.717, 1.165) is 13.0 Å². The fourth-order valence-corrected chi connectivity index (χ4v) is 1.94. The van der Waals surface area contributed by atoms with Crippen molar-refractivity contribution >= 4 is 0 Å². The molecule has 0 radical (unpaired) electrons. The van der Waals surface area contributed by atoms with E-state index >= 15 is 0 Å². The number of halogens is 2. The maximum absolute atomic E-state index is 13.5. The quantitative estimate of drug-likeness (QED) is 0.798. The lowest BCUT2D eigenvalue weighted by molar-refractivity contribution is 0.440. The van der Waals surface area contributed by atoms with E-state index < -0.39 is 11.6 Å². The molecule has 0 fully saturated rings. The average molecular weight is 295 g/mol. The molecule has 0 saturated carbocycles. The van der Waals surface area contributed by atoms with Crippen LogP contribution in [-0.4, -0.2) is 22.8 Å². The fourth-order valence-electron chi connectivity index (χ4n) is 1.94. The molecule has 114 valence electrons. The van der Waals surface area contributed by atoms with E-state index in [-0.39, 0.29) is 17.9 Å². The Morgan fingerprint density at radius 1 is 1.14 bits per heavy atom. The number of rotatable bonds is 7. The molecule has 21 heavy (non-hydrogen) atoms. The third-order valence-corrected chi connectivity index (χ3v) is 3.02. The minimum Gasteiger partial charge on any atom is -0.425 e. The smallest absolute Gasteiger partial charge is 0.221 e. The molecular weight excluding hydrogens is 276 g/mol. The summed E-state index contributed by atoms with van der Waals surface area (Å²) < 4.78 is 32.5.